The average Bonchev–Trinajstić information content (AvgIpc) is 3.20. The predicted octanol–water partition coefficient (Wildman–Crippen LogP) is 2.45. The molecule has 0 spiro atoms. The van der Waals surface area contributed by atoms with E-state index in [2.05, 4.69) is 0 Å². The minimum absolute atomic E-state index is 0.0141. The van der Waals surface area contributed by atoms with Gasteiger partial charge in [-0.3, -0.25) is 9.59 Å². The number of rotatable bonds is 6. The second-order valence-corrected chi connectivity index (χ2v) is 5.53. The van der Waals surface area contributed by atoms with E-state index in [1.54, 1.807) is 4.90 Å². The van der Waals surface area contributed by atoms with Crippen LogP contribution in [0.5, 0.6) is 0 Å². The first kappa shape index (κ1) is 14.6. The van der Waals surface area contributed by atoms with E-state index in [4.69, 9.17) is 5.11 Å². The Kier molecular flexibility index (Phi) is 4.42. The van der Waals surface area contributed by atoms with Crippen LogP contribution in [0.1, 0.15) is 30.9 Å². The number of benzene rings is 1. The summed E-state index contributed by atoms with van der Waals surface area (Å²) in [5.41, 5.74) is 2.28. The number of carbonyl (C=O) groups is 2. The molecule has 4 nitrogen and oxygen atoms in total. The smallest absolute Gasteiger partial charge is 0.307 e. The Bertz CT molecular complexity index is 495. The van der Waals surface area contributed by atoms with Gasteiger partial charge in [-0.1, -0.05) is 36.8 Å². The van der Waals surface area contributed by atoms with E-state index in [-0.39, 0.29) is 11.8 Å². The molecule has 2 unspecified atom stereocenters. The maximum atomic E-state index is 12.3. The van der Waals surface area contributed by atoms with Gasteiger partial charge in [-0.2, -0.15) is 0 Å². The molecular formula is C16H21NO3. The van der Waals surface area contributed by atoms with Crippen molar-refractivity contribution >= 4 is 11.9 Å². The molecule has 0 bridgehead atoms. The van der Waals surface area contributed by atoms with Crippen LogP contribution in [0, 0.1) is 18.8 Å². The molecule has 1 aliphatic carbocycles. The number of aryl methyl sites for hydroxylation is 1. The van der Waals surface area contributed by atoms with E-state index in [0.29, 0.717) is 19.5 Å². The molecular weight excluding hydrogens is 254 g/mol. The summed E-state index contributed by atoms with van der Waals surface area (Å²) in [5, 5.41) is 8.93. The standard InChI is InChI=1S/C16H21NO3/c1-3-8-17(10-12-6-4-11(2)5-7-12)15(18)13-9-14(13)16(19)20/h4-7,13-14H,3,8-10H2,1-2H3,(H,19,20). The summed E-state index contributed by atoms with van der Waals surface area (Å²) in [5.74, 6) is -1.65. The zero-order chi connectivity index (χ0) is 14.7. The van der Waals surface area contributed by atoms with Crippen LogP contribution in [0.4, 0.5) is 0 Å². The quantitative estimate of drug-likeness (QED) is 0.867. The molecule has 2 atom stereocenters. The van der Waals surface area contributed by atoms with Crippen LogP contribution >= 0.6 is 0 Å². The number of carboxylic acids is 1. The van der Waals surface area contributed by atoms with E-state index in [0.717, 1.165) is 12.0 Å². The molecule has 4 heteroatoms. The van der Waals surface area contributed by atoms with Crippen LogP contribution < -0.4 is 0 Å². The van der Waals surface area contributed by atoms with Crippen molar-refractivity contribution in [1.29, 1.82) is 0 Å². The summed E-state index contributed by atoms with van der Waals surface area (Å²) in [7, 11) is 0. The Morgan fingerprint density at radius 1 is 1.25 bits per heavy atom. The van der Waals surface area contributed by atoms with Crippen molar-refractivity contribution < 1.29 is 14.7 Å². The molecule has 1 aliphatic rings. The lowest BCUT2D eigenvalue weighted by Gasteiger charge is -2.22. The van der Waals surface area contributed by atoms with Crippen molar-refractivity contribution in [2.24, 2.45) is 11.8 Å². The van der Waals surface area contributed by atoms with Gasteiger partial charge in [-0.05, 0) is 25.3 Å². The third-order valence-electron chi connectivity index (χ3n) is 3.72. The number of carbonyl (C=O) groups excluding carboxylic acids is 1. The fourth-order valence-electron chi connectivity index (χ4n) is 2.43. The maximum absolute atomic E-state index is 12.3. The maximum Gasteiger partial charge on any atom is 0.307 e. The Balaban J connectivity index is 2.02. The summed E-state index contributed by atoms with van der Waals surface area (Å²) in [6.45, 7) is 5.29. The number of hydrogen-bond acceptors (Lipinski definition) is 2. The number of nitrogens with zero attached hydrogens (tertiary/aromatic N) is 1. The molecule has 1 N–H and O–H groups in total. The third kappa shape index (κ3) is 3.38. The lowest BCUT2D eigenvalue weighted by molar-refractivity contribution is -0.142. The molecule has 0 aromatic heterocycles. The first-order valence-electron chi connectivity index (χ1n) is 7.10. The van der Waals surface area contributed by atoms with Crippen LogP contribution in [0.15, 0.2) is 24.3 Å². The number of aliphatic carboxylic acids is 1. The van der Waals surface area contributed by atoms with Crippen LogP contribution in [0.2, 0.25) is 0 Å². The van der Waals surface area contributed by atoms with E-state index in [1.807, 2.05) is 38.1 Å². The highest BCUT2D eigenvalue weighted by molar-refractivity contribution is 5.89. The summed E-state index contributed by atoms with van der Waals surface area (Å²) in [4.78, 5) is 25.0. The second-order valence-electron chi connectivity index (χ2n) is 5.53. The van der Waals surface area contributed by atoms with Crippen LogP contribution in [0.25, 0.3) is 0 Å². The van der Waals surface area contributed by atoms with Crippen molar-refractivity contribution in [3.63, 3.8) is 0 Å². The van der Waals surface area contributed by atoms with Gasteiger partial charge in [-0.25, -0.2) is 0 Å². The molecule has 108 valence electrons. The largest absolute Gasteiger partial charge is 0.481 e. The third-order valence-corrected chi connectivity index (χ3v) is 3.72. The first-order chi connectivity index (χ1) is 9.52. The predicted molar refractivity (Wildman–Crippen MR) is 76.1 cm³/mol. The fourth-order valence-corrected chi connectivity index (χ4v) is 2.43. The fraction of sp³-hybridized carbons (Fsp3) is 0.500. The number of hydrogen-bond donors (Lipinski definition) is 1. The molecule has 0 aliphatic heterocycles. The highest BCUT2D eigenvalue weighted by atomic mass is 16.4. The molecule has 1 fully saturated rings. The van der Waals surface area contributed by atoms with Gasteiger partial charge < -0.3 is 10.0 Å². The van der Waals surface area contributed by atoms with Gasteiger partial charge in [0, 0.05) is 13.1 Å². The van der Waals surface area contributed by atoms with E-state index in [9.17, 15) is 9.59 Å². The molecule has 1 aromatic carbocycles. The first-order valence-corrected chi connectivity index (χ1v) is 7.10. The van der Waals surface area contributed by atoms with E-state index in [1.165, 1.54) is 5.56 Å². The molecule has 0 radical (unpaired) electrons. The van der Waals surface area contributed by atoms with Crippen molar-refractivity contribution in [1.82, 2.24) is 4.90 Å². The molecule has 1 amide bonds. The van der Waals surface area contributed by atoms with Gasteiger partial charge in [-0.15, -0.1) is 0 Å². The summed E-state index contributed by atoms with van der Waals surface area (Å²) in [6.07, 6.45) is 1.37. The molecule has 1 saturated carbocycles. The van der Waals surface area contributed by atoms with Gasteiger partial charge in [0.05, 0.1) is 11.8 Å². The van der Waals surface area contributed by atoms with Gasteiger partial charge >= 0.3 is 5.97 Å². The van der Waals surface area contributed by atoms with Crippen LogP contribution in [-0.4, -0.2) is 28.4 Å². The minimum atomic E-state index is -0.852. The second kappa shape index (κ2) is 6.07. The molecule has 2 rings (SSSR count). The summed E-state index contributed by atoms with van der Waals surface area (Å²) >= 11 is 0. The van der Waals surface area contributed by atoms with E-state index < -0.39 is 11.9 Å². The topological polar surface area (TPSA) is 57.6 Å². The lowest BCUT2D eigenvalue weighted by Crippen LogP contribution is -2.33. The van der Waals surface area contributed by atoms with Crippen LogP contribution in [-0.2, 0) is 16.1 Å². The van der Waals surface area contributed by atoms with Crippen molar-refractivity contribution in [3.05, 3.63) is 35.4 Å². The average molecular weight is 275 g/mol. The Hall–Kier alpha value is -1.84. The van der Waals surface area contributed by atoms with Gasteiger partial charge in [0.25, 0.3) is 0 Å². The summed E-state index contributed by atoms with van der Waals surface area (Å²) < 4.78 is 0. The van der Waals surface area contributed by atoms with Gasteiger partial charge in [0.1, 0.15) is 0 Å². The summed E-state index contributed by atoms with van der Waals surface area (Å²) in [6, 6.07) is 8.10. The molecule has 20 heavy (non-hydrogen) atoms. The molecule has 0 saturated heterocycles. The van der Waals surface area contributed by atoms with Crippen molar-refractivity contribution in [2.45, 2.75) is 33.2 Å². The number of amides is 1. The zero-order valence-corrected chi connectivity index (χ0v) is 12.0. The highest BCUT2D eigenvalue weighted by Crippen LogP contribution is 2.40. The normalized spacial score (nSPS) is 20.5. The Labute approximate surface area is 119 Å². The number of carboxylic acid groups (broad SMARTS) is 1. The Morgan fingerprint density at radius 2 is 1.90 bits per heavy atom. The molecule has 0 heterocycles. The van der Waals surface area contributed by atoms with E-state index >= 15 is 0 Å². The zero-order valence-electron chi connectivity index (χ0n) is 12.0. The van der Waals surface area contributed by atoms with Crippen molar-refractivity contribution in [2.75, 3.05) is 6.54 Å². The monoisotopic (exact) mass is 275 g/mol. The van der Waals surface area contributed by atoms with Gasteiger partial charge in [0.15, 0.2) is 0 Å². The minimum Gasteiger partial charge on any atom is -0.481 e. The highest BCUT2D eigenvalue weighted by Gasteiger charge is 2.49. The van der Waals surface area contributed by atoms with Crippen LogP contribution in [0.3, 0.4) is 0 Å². The van der Waals surface area contributed by atoms with Crippen molar-refractivity contribution in [3.8, 4) is 0 Å². The SMILES string of the molecule is CCCN(Cc1ccc(C)cc1)C(=O)C1CC1C(=O)O. The molecule has 1 aromatic rings. The lowest BCUT2D eigenvalue weighted by atomic mass is 10.1. The van der Waals surface area contributed by atoms with Gasteiger partial charge in [0.2, 0.25) is 5.91 Å². The Morgan fingerprint density at radius 3 is 2.40 bits per heavy atom.